The SMILES string of the molecule is CC(/C=C(\F)C(=O)Nc1ccccc1)c1ccccc1. The Bertz CT molecular complexity index is 593. The first kappa shape index (κ1) is 14.0. The fourth-order valence-electron chi connectivity index (χ4n) is 1.86. The number of amides is 1. The van der Waals surface area contributed by atoms with Crippen LogP contribution >= 0.6 is 0 Å². The van der Waals surface area contributed by atoms with Gasteiger partial charge in [-0.3, -0.25) is 4.79 Å². The molecular formula is C17H16FNO. The number of halogens is 1. The summed E-state index contributed by atoms with van der Waals surface area (Å²) in [4.78, 5) is 11.7. The van der Waals surface area contributed by atoms with E-state index in [0.29, 0.717) is 5.69 Å². The number of carbonyl (C=O) groups excluding carboxylic acids is 1. The van der Waals surface area contributed by atoms with E-state index in [2.05, 4.69) is 5.32 Å². The van der Waals surface area contributed by atoms with Crippen LogP contribution in [0.25, 0.3) is 0 Å². The zero-order valence-corrected chi connectivity index (χ0v) is 11.2. The van der Waals surface area contributed by atoms with E-state index in [0.717, 1.165) is 5.56 Å². The highest BCUT2D eigenvalue weighted by atomic mass is 19.1. The normalized spacial score (nSPS) is 12.8. The van der Waals surface area contributed by atoms with Crippen molar-refractivity contribution in [2.45, 2.75) is 12.8 Å². The first-order valence-corrected chi connectivity index (χ1v) is 6.45. The summed E-state index contributed by atoms with van der Waals surface area (Å²) in [7, 11) is 0. The van der Waals surface area contributed by atoms with Crippen LogP contribution in [-0.4, -0.2) is 5.91 Å². The van der Waals surface area contributed by atoms with Crippen molar-refractivity contribution in [1.29, 1.82) is 0 Å². The molecule has 102 valence electrons. The molecule has 0 aliphatic rings. The molecule has 2 rings (SSSR count). The van der Waals surface area contributed by atoms with Crippen LogP contribution in [0.1, 0.15) is 18.4 Å². The van der Waals surface area contributed by atoms with E-state index in [1.807, 2.05) is 43.3 Å². The number of carbonyl (C=O) groups is 1. The Labute approximate surface area is 118 Å². The average Bonchev–Trinajstić information content (AvgIpc) is 2.49. The molecule has 0 bridgehead atoms. The highest BCUT2D eigenvalue weighted by molar-refractivity contribution is 6.02. The fraction of sp³-hybridized carbons (Fsp3) is 0.118. The molecule has 0 aliphatic heterocycles. The van der Waals surface area contributed by atoms with Crippen molar-refractivity contribution < 1.29 is 9.18 Å². The number of para-hydroxylation sites is 1. The zero-order valence-electron chi connectivity index (χ0n) is 11.2. The molecule has 0 fully saturated rings. The number of hydrogen-bond donors (Lipinski definition) is 1. The van der Waals surface area contributed by atoms with E-state index in [1.54, 1.807) is 24.3 Å². The number of hydrogen-bond acceptors (Lipinski definition) is 1. The first-order valence-electron chi connectivity index (χ1n) is 6.45. The van der Waals surface area contributed by atoms with Gasteiger partial charge in [0.1, 0.15) is 0 Å². The van der Waals surface area contributed by atoms with Crippen molar-refractivity contribution in [2.24, 2.45) is 0 Å². The molecule has 2 nitrogen and oxygen atoms in total. The lowest BCUT2D eigenvalue weighted by Gasteiger charge is -2.07. The maximum absolute atomic E-state index is 13.9. The van der Waals surface area contributed by atoms with Crippen LogP contribution in [0.2, 0.25) is 0 Å². The molecule has 0 radical (unpaired) electrons. The minimum Gasteiger partial charge on any atom is -0.320 e. The summed E-state index contributed by atoms with van der Waals surface area (Å²) in [5.74, 6) is -1.65. The predicted molar refractivity (Wildman–Crippen MR) is 79.1 cm³/mol. The van der Waals surface area contributed by atoms with E-state index in [-0.39, 0.29) is 5.92 Å². The number of nitrogens with one attached hydrogen (secondary N) is 1. The van der Waals surface area contributed by atoms with Crippen molar-refractivity contribution in [2.75, 3.05) is 5.32 Å². The minimum atomic E-state index is -0.773. The minimum absolute atomic E-state index is 0.155. The molecule has 2 aromatic carbocycles. The van der Waals surface area contributed by atoms with E-state index < -0.39 is 11.7 Å². The van der Waals surface area contributed by atoms with Gasteiger partial charge in [0, 0.05) is 11.6 Å². The van der Waals surface area contributed by atoms with Gasteiger partial charge in [0.05, 0.1) is 0 Å². The van der Waals surface area contributed by atoms with E-state index in [9.17, 15) is 9.18 Å². The molecule has 1 amide bonds. The predicted octanol–water partition coefficient (Wildman–Crippen LogP) is 4.28. The molecule has 0 saturated heterocycles. The van der Waals surface area contributed by atoms with Crippen molar-refractivity contribution in [1.82, 2.24) is 0 Å². The third-order valence-electron chi connectivity index (χ3n) is 2.97. The van der Waals surface area contributed by atoms with E-state index in [4.69, 9.17) is 0 Å². The summed E-state index contributed by atoms with van der Waals surface area (Å²) < 4.78 is 13.9. The zero-order chi connectivity index (χ0) is 14.4. The molecule has 0 aromatic heterocycles. The molecule has 0 heterocycles. The molecule has 1 N–H and O–H groups in total. The lowest BCUT2D eigenvalue weighted by atomic mass is 10.0. The van der Waals surface area contributed by atoms with E-state index in [1.165, 1.54) is 6.08 Å². The van der Waals surface area contributed by atoms with Crippen molar-refractivity contribution in [3.63, 3.8) is 0 Å². The van der Waals surface area contributed by atoms with Crippen LogP contribution in [0.15, 0.2) is 72.6 Å². The van der Waals surface area contributed by atoms with Crippen molar-refractivity contribution in [3.05, 3.63) is 78.1 Å². The molecule has 0 spiro atoms. The maximum Gasteiger partial charge on any atom is 0.284 e. The molecule has 3 heteroatoms. The smallest absolute Gasteiger partial charge is 0.284 e. The van der Waals surface area contributed by atoms with Gasteiger partial charge >= 0.3 is 0 Å². The summed E-state index contributed by atoms with van der Waals surface area (Å²) in [6, 6.07) is 18.3. The third-order valence-corrected chi connectivity index (χ3v) is 2.97. The van der Waals surface area contributed by atoms with Gasteiger partial charge in [-0.05, 0) is 23.8 Å². The highest BCUT2D eigenvalue weighted by Gasteiger charge is 2.11. The molecule has 2 aromatic rings. The summed E-state index contributed by atoms with van der Waals surface area (Å²) in [5, 5.41) is 2.52. The van der Waals surface area contributed by atoms with Crippen LogP contribution in [0.3, 0.4) is 0 Å². The second-order valence-electron chi connectivity index (χ2n) is 4.53. The van der Waals surface area contributed by atoms with E-state index >= 15 is 0 Å². The second-order valence-corrected chi connectivity index (χ2v) is 4.53. The molecule has 1 unspecified atom stereocenters. The standard InChI is InChI=1S/C17H16FNO/c1-13(14-8-4-2-5-9-14)12-16(18)17(20)19-15-10-6-3-7-11-15/h2-13H,1H3,(H,19,20)/b16-12-. The Morgan fingerprint density at radius 3 is 2.20 bits per heavy atom. The van der Waals surface area contributed by atoms with Crippen molar-refractivity contribution >= 4 is 11.6 Å². The lowest BCUT2D eigenvalue weighted by Crippen LogP contribution is -2.12. The van der Waals surface area contributed by atoms with Gasteiger partial charge in [-0.1, -0.05) is 55.5 Å². The van der Waals surface area contributed by atoms with Gasteiger partial charge in [-0.2, -0.15) is 0 Å². The largest absolute Gasteiger partial charge is 0.320 e. The topological polar surface area (TPSA) is 29.1 Å². The molecule has 20 heavy (non-hydrogen) atoms. The Balaban J connectivity index is 2.05. The fourth-order valence-corrected chi connectivity index (χ4v) is 1.86. The Morgan fingerprint density at radius 1 is 1.05 bits per heavy atom. The number of allylic oxidation sites excluding steroid dienone is 1. The van der Waals surface area contributed by atoms with Gasteiger partial charge in [0.2, 0.25) is 0 Å². The van der Waals surface area contributed by atoms with Crippen LogP contribution in [0.4, 0.5) is 10.1 Å². The summed E-state index contributed by atoms with van der Waals surface area (Å²) in [6.45, 7) is 1.85. The van der Waals surface area contributed by atoms with Crippen LogP contribution < -0.4 is 5.32 Å². The average molecular weight is 269 g/mol. The number of rotatable bonds is 4. The van der Waals surface area contributed by atoms with Crippen LogP contribution in [-0.2, 0) is 4.79 Å². The van der Waals surface area contributed by atoms with Gasteiger partial charge in [0.15, 0.2) is 5.83 Å². The third kappa shape index (κ3) is 3.79. The maximum atomic E-state index is 13.9. The number of benzene rings is 2. The summed E-state index contributed by atoms with van der Waals surface area (Å²) in [6.07, 6.45) is 1.33. The summed E-state index contributed by atoms with van der Waals surface area (Å²) in [5.41, 5.74) is 1.54. The highest BCUT2D eigenvalue weighted by Crippen LogP contribution is 2.19. The quantitative estimate of drug-likeness (QED) is 0.824. The van der Waals surface area contributed by atoms with Crippen molar-refractivity contribution in [3.8, 4) is 0 Å². The molecule has 0 aliphatic carbocycles. The molecule has 0 saturated carbocycles. The monoisotopic (exact) mass is 269 g/mol. The summed E-state index contributed by atoms with van der Waals surface area (Å²) >= 11 is 0. The Kier molecular flexibility index (Phi) is 4.66. The molecular weight excluding hydrogens is 253 g/mol. The second kappa shape index (κ2) is 6.66. The Hall–Kier alpha value is -2.42. The molecule has 1 atom stereocenters. The van der Waals surface area contributed by atoms with Crippen LogP contribution in [0.5, 0.6) is 0 Å². The van der Waals surface area contributed by atoms with Gasteiger partial charge < -0.3 is 5.32 Å². The van der Waals surface area contributed by atoms with Gasteiger partial charge in [-0.15, -0.1) is 0 Å². The van der Waals surface area contributed by atoms with Crippen LogP contribution in [0, 0.1) is 0 Å². The Morgan fingerprint density at radius 2 is 1.60 bits per heavy atom. The van der Waals surface area contributed by atoms with Gasteiger partial charge in [-0.25, -0.2) is 4.39 Å². The lowest BCUT2D eigenvalue weighted by molar-refractivity contribution is -0.114. The first-order chi connectivity index (χ1) is 9.66. The van der Waals surface area contributed by atoms with Gasteiger partial charge in [0.25, 0.3) is 5.91 Å². The number of anilines is 1.